The van der Waals surface area contributed by atoms with E-state index in [9.17, 15) is 0 Å². The lowest BCUT2D eigenvalue weighted by atomic mass is 10.3. The Hall–Kier alpha value is -2.03. The summed E-state index contributed by atoms with van der Waals surface area (Å²) >= 11 is 0. The van der Waals surface area contributed by atoms with Gasteiger partial charge in [-0.15, -0.1) is 0 Å². The highest BCUT2D eigenvalue weighted by Crippen LogP contribution is 2.19. The van der Waals surface area contributed by atoms with Gasteiger partial charge in [-0.25, -0.2) is 0 Å². The number of nitrogens with zero attached hydrogens (tertiary/aromatic N) is 1. The Kier molecular flexibility index (Phi) is 2.32. The minimum atomic E-state index is 0.690. The zero-order chi connectivity index (χ0) is 9.80. The highest BCUT2D eigenvalue weighted by atomic mass is 14.8. The van der Waals surface area contributed by atoms with Crippen molar-refractivity contribution in [2.45, 2.75) is 0 Å². The summed E-state index contributed by atoms with van der Waals surface area (Å²) in [4.78, 5) is 7.30. The molecule has 0 fully saturated rings. The van der Waals surface area contributed by atoms with Crippen molar-refractivity contribution in [2.24, 2.45) is 4.99 Å². The topological polar surface area (TPSA) is 54.2 Å². The highest BCUT2D eigenvalue weighted by molar-refractivity contribution is 5.81. The van der Waals surface area contributed by atoms with Gasteiger partial charge in [0.15, 0.2) is 0 Å². The fraction of sp³-hybridized carbons (Fsp3) is 0. The molecule has 1 heterocycles. The Balaban J connectivity index is 2.23. The largest absolute Gasteiger partial charge is 0.397 e. The summed E-state index contributed by atoms with van der Waals surface area (Å²) < 4.78 is 0. The summed E-state index contributed by atoms with van der Waals surface area (Å²) in [6.07, 6.45) is 3.61. The van der Waals surface area contributed by atoms with Crippen molar-refractivity contribution >= 4 is 17.6 Å². The molecule has 3 nitrogen and oxygen atoms in total. The van der Waals surface area contributed by atoms with Crippen molar-refractivity contribution < 1.29 is 0 Å². The lowest BCUT2D eigenvalue weighted by Crippen LogP contribution is -1.85. The maximum atomic E-state index is 5.74. The number of hydrogen-bond acceptors (Lipinski definition) is 2. The number of nitrogens with one attached hydrogen (secondary N) is 1. The van der Waals surface area contributed by atoms with Crippen LogP contribution in [0.5, 0.6) is 0 Å². The van der Waals surface area contributed by atoms with E-state index in [1.807, 2.05) is 42.6 Å². The Morgan fingerprint density at radius 3 is 2.71 bits per heavy atom. The third-order valence-electron chi connectivity index (χ3n) is 1.90. The van der Waals surface area contributed by atoms with Crippen LogP contribution < -0.4 is 5.73 Å². The Bertz CT molecular complexity index is 430. The van der Waals surface area contributed by atoms with Gasteiger partial charge in [0.05, 0.1) is 23.3 Å². The Morgan fingerprint density at radius 1 is 1.14 bits per heavy atom. The van der Waals surface area contributed by atoms with E-state index in [0.29, 0.717) is 5.69 Å². The van der Waals surface area contributed by atoms with Gasteiger partial charge >= 0.3 is 0 Å². The molecule has 2 rings (SSSR count). The number of aromatic nitrogens is 1. The first-order valence-corrected chi connectivity index (χ1v) is 4.38. The highest BCUT2D eigenvalue weighted by Gasteiger charge is 1.92. The molecule has 0 atom stereocenters. The number of aliphatic imine (C=N–C) groups is 1. The quantitative estimate of drug-likeness (QED) is 0.547. The average Bonchev–Trinajstić information content (AvgIpc) is 2.69. The number of benzene rings is 1. The van der Waals surface area contributed by atoms with E-state index in [-0.39, 0.29) is 0 Å². The van der Waals surface area contributed by atoms with Crippen LogP contribution in [0.4, 0.5) is 11.4 Å². The number of nitrogens with two attached hydrogens (primary N) is 1. The molecule has 2 aromatic rings. The Morgan fingerprint density at radius 2 is 2.00 bits per heavy atom. The van der Waals surface area contributed by atoms with E-state index >= 15 is 0 Å². The smallest absolute Gasteiger partial charge is 0.0859 e. The first-order valence-electron chi connectivity index (χ1n) is 4.38. The van der Waals surface area contributed by atoms with Crippen LogP contribution in [0.15, 0.2) is 47.6 Å². The molecule has 0 aliphatic rings. The van der Waals surface area contributed by atoms with Gasteiger partial charge in [0, 0.05) is 6.20 Å². The van der Waals surface area contributed by atoms with E-state index in [1.54, 1.807) is 6.21 Å². The maximum absolute atomic E-state index is 5.74. The molecule has 0 saturated carbocycles. The molecule has 1 aromatic heterocycles. The molecule has 70 valence electrons. The van der Waals surface area contributed by atoms with Crippen molar-refractivity contribution in [2.75, 3.05) is 5.73 Å². The van der Waals surface area contributed by atoms with Gasteiger partial charge in [-0.2, -0.15) is 0 Å². The van der Waals surface area contributed by atoms with Gasteiger partial charge in [0.1, 0.15) is 0 Å². The van der Waals surface area contributed by atoms with Crippen LogP contribution >= 0.6 is 0 Å². The fourth-order valence-corrected chi connectivity index (χ4v) is 1.17. The fourth-order valence-electron chi connectivity index (χ4n) is 1.17. The molecule has 3 N–H and O–H groups in total. The Labute approximate surface area is 82.3 Å². The van der Waals surface area contributed by atoms with Gasteiger partial charge in [-0.1, -0.05) is 12.1 Å². The molecule has 1 aromatic carbocycles. The number of rotatable bonds is 2. The maximum Gasteiger partial charge on any atom is 0.0859 e. The standard InChI is InChI=1S/C11H11N3/c12-10-5-1-2-6-11(10)14-8-9-4-3-7-13-9/h1-8,13H,12H2. The number of hydrogen-bond donors (Lipinski definition) is 2. The molecular weight excluding hydrogens is 174 g/mol. The lowest BCUT2D eigenvalue weighted by molar-refractivity contribution is 1.38. The summed E-state index contributed by atoms with van der Waals surface area (Å²) in [5.41, 5.74) is 8.19. The predicted molar refractivity (Wildman–Crippen MR) is 58.9 cm³/mol. The first kappa shape index (κ1) is 8.56. The number of aromatic amines is 1. The van der Waals surface area contributed by atoms with Crippen LogP contribution in [0.3, 0.4) is 0 Å². The second-order valence-electron chi connectivity index (χ2n) is 2.94. The third kappa shape index (κ3) is 1.82. The molecule has 0 aliphatic heterocycles. The SMILES string of the molecule is Nc1ccccc1N=Cc1ccc[nH]1. The molecule has 0 saturated heterocycles. The molecule has 14 heavy (non-hydrogen) atoms. The van der Waals surface area contributed by atoms with Crippen LogP contribution in [0.25, 0.3) is 0 Å². The van der Waals surface area contributed by atoms with Crippen molar-refractivity contribution in [1.29, 1.82) is 0 Å². The third-order valence-corrected chi connectivity index (χ3v) is 1.90. The van der Waals surface area contributed by atoms with Crippen LogP contribution in [0.1, 0.15) is 5.69 Å². The van der Waals surface area contributed by atoms with Crippen LogP contribution in [0.2, 0.25) is 0 Å². The average molecular weight is 185 g/mol. The molecule has 3 heteroatoms. The zero-order valence-electron chi connectivity index (χ0n) is 7.64. The summed E-state index contributed by atoms with van der Waals surface area (Å²) in [5, 5.41) is 0. The lowest BCUT2D eigenvalue weighted by Gasteiger charge is -1.96. The van der Waals surface area contributed by atoms with Crippen LogP contribution in [-0.4, -0.2) is 11.2 Å². The second-order valence-corrected chi connectivity index (χ2v) is 2.94. The molecule has 0 unspecified atom stereocenters. The summed E-state index contributed by atoms with van der Waals surface area (Å²) in [7, 11) is 0. The molecule has 0 amide bonds. The molecule has 0 radical (unpaired) electrons. The van der Waals surface area contributed by atoms with E-state index < -0.39 is 0 Å². The number of H-pyrrole nitrogens is 1. The number of nitrogen functional groups attached to an aromatic ring is 1. The van der Waals surface area contributed by atoms with E-state index in [0.717, 1.165) is 11.4 Å². The van der Waals surface area contributed by atoms with E-state index in [1.165, 1.54) is 0 Å². The van der Waals surface area contributed by atoms with Gasteiger partial charge in [0.2, 0.25) is 0 Å². The summed E-state index contributed by atoms with van der Waals surface area (Å²) in [6.45, 7) is 0. The number of anilines is 1. The van der Waals surface area contributed by atoms with Crippen LogP contribution in [-0.2, 0) is 0 Å². The number of para-hydroxylation sites is 2. The van der Waals surface area contributed by atoms with Crippen molar-refractivity contribution in [1.82, 2.24) is 4.98 Å². The monoisotopic (exact) mass is 185 g/mol. The summed E-state index contributed by atoms with van der Waals surface area (Å²) in [6, 6.07) is 11.4. The van der Waals surface area contributed by atoms with Gasteiger partial charge < -0.3 is 10.7 Å². The minimum Gasteiger partial charge on any atom is -0.397 e. The van der Waals surface area contributed by atoms with Crippen molar-refractivity contribution in [3.63, 3.8) is 0 Å². The van der Waals surface area contributed by atoms with Crippen molar-refractivity contribution in [3.05, 3.63) is 48.3 Å². The summed E-state index contributed by atoms with van der Waals surface area (Å²) in [5.74, 6) is 0. The second kappa shape index (κ2) is 3.79. The molecular formula is C11H11N3. The predicted octanol–water partition coefficient (Wildman–Crippen LogP) is 2.35. The van der Waals surface area contributed by atoms with Crippen LogP contribution in [0, 0.1) is 0 Å². The first-order chi connectivity index (χ1) is 6.86. The van der Waals surface area contributed by atoms with E-state index in [2.05, 4.69) is 9.98 Å². The molecule has 0 aliphatic carbocycles. The van der Waals surface area contributed by atoms with Crippen molar-refractivity contribution in [3.8, 4) is 0 Å². The molecule has 0 bridgehead atoms. The van der Waals surface area contributed by atoms with Gasteiger partial charge in [-0.05, 0) is 24.3 Å². The van der Waals surface area contributed by atoms with Gasteiger partial charge in [0.25, 0.3) is 0 Å². The van der Waals surface area contributed by atoms with E-state index in [4.69, 9.17) is 5.73 Å². The van der Waals surface area contributed by atoms with Gasteiger partial charge in [-0.3, -0.25) is 4.99 Å². The minimum absolute atomic E-state index is 0.690. The normalized spacial score (nSPS) is 10.9. The molecule has 0 spiro atoms. The zero-order valence-corrected chi connectivity index (χ0v) is 7.64.